The molecule has 0 heterocycles. The van der Waals surface area contributed by atoms with Gasteiger partial charge in [0, 0.05) is 0 Å². The highest BCUT2D eigenvalue weighted by atomic mass is 19.1. The van der Waals surface area contributed by atoms with E-state index in [-0.39, 0.29) is 12.8 Å². The fourth-order valence-corrected chi connectivity index (χ4v) is 2.04. The number of carboxylic acids is 2. The molecule has 0 radical (unpaired) electrons. The quantitative estimate of drug-likeness (QED) is 0.737. The second kappa shape index (κ2) is 3.30. The van der Waals surface area contributed by atoms with E-state index in [4.69, 9.17) is 10.2 Å². The van der Waals surface area contributed by atoms with Gasteiger partial charge in [-0.25, -0.2) is 4.39 Å². The minimum atomic E-state index is -1.84. The van der Waals surface area contributed by atoms with E-state index in [1.165, 1.54) is 18.2 Å². The van der Waals surface area contributed by atoms with E-state index >= 15 is 0 Å². The van der Waals surface area contributed by atoms with Gasteiger partial charge in [-0.3, -0.25) is 9.59 Å². The van der Waals surface area contributed by atoms with E-state index in [1.807, 2.05) is 0 Å². The van der Waals surface area contributed by atoms with Crippen molar-refractivity contribution in [2.24, 2.45) is 5.41 Å². The molecule has 2 rings (SSSR count). The molecule has 0 aromatic heterocycles. The van der Waals surface area contributed by atoms with Gasteiger partial charge in [0.15, 0.2) is 5.41 Å². The summed E-state index contributed by atoms with van der Waals surface area (Å²) in [5, 5.41) is 18.0. The van der Waals surface area contributed by atoms with Crippen LogP contribution in [0, 0.1) is 11.2 Å². The molecule has 1 aliphatic rings. The molecule has 0 saturated carbocycles. The first-order valence-electron chi connectivity index (χ1n) is 4.70. The molecule has 4 nitrogen and oxygen atoms in total. The van der Waals surface area contributed by atoms with Crippen LogP contribution in [0.3, 0.4) is 0 Å². The van der Waals surface area contributed by atoms with Crippen molar-refractivity contribution >= 4 is 11.9 Å². The number of carbonyl (C=O) groups is 2. The lowest BCUT2D eigenvalue weighted by atomic mass is 9.85. The van der Waals surface area contributed by atoms with Crippen LogP contribution in [0.2, 0.25) is 0 Å². The molecule has 0 amide bonds. The fraction of sp³-hybridized carbons (Fsp3) is 0.273. The van der Waals surface area contributed by atoms with Crippen molar-refractivity contribution in [3.05, 3.63) is 35.1 Å². The van der Waals surface area contributed by atoms with Crippen molar-refractivity contribution in [1.82, 2.24) is 0 Å². The maximum absolute atomic E-state index is 12.9. The molecular formula is C11H9FO4. The molecule has 0 fully saturated rings. The summed E-state index contributed by atoms with van der Waals surface area (Å²) < 4.78 is 12.9. The number of hydrogen-bond acceptors (Lipinski definition) is 2. The van der Waals surface area contributed by atoms with Gasteiger partial charge in [-0.1, -0.05) is 6.07 Å². The van der Waals surface area contributed by atoms with Crippen molar-refractivity contribution in [3.8, 4) is 0 Å². The van der Waals surface area contributed by atoms with Crippen LogP contribution >= 0.6 is 0 Å². The molecule has 1 aliphatic carbocycles. The molecule has 0 atom stereocenters. The Morgan fingerprint density at radius 3 is 2.25 bits per heavy atom. The Morgan fingerprint density at radius 1 is 1.12 bits per heavy atom. The molecule has 0 bridgehead atoms. The number of hydrogen-bond donors (Lipinski definition) is 2. The Balaban J connectivity index is 2.46. The van der Waals surface area contributed by atoms with Crippen molar-refractivity contribution in [3.63, 3.8) is 0 Å². The van der Waals surface area contributed by atoms with E-state index in [1.54, 1.807) is 0 Å². The minimum Gasteiger partial charge on any atom is -0.480 e. The predicted molar refractivity (Wildman–Crippen MR) is 51.5 cm³/mol. The van der Waals surface area contributed by atoms with Crippen LogP contribution < -0.4 is 0 Å². The number of benzene rings is 1. The number of aliphatic carboxylic acids is 2. The fourth-order valence-electron chi connectivity index (χ4n) is 2.04. The summed E-state index contributed by atoms with van der Waals surface area (Å²) >= 11 is 0. The lowest BCUT2D eigenvalue weighted by molar-refractivity contribution is -0.163. The Labute approximate surface area is 90.3 Å². The van der Waals surface area contributed by atoms with Gasteiger partial charge in [-0.15, -0.1) is 0 Å². The van der Waals surface area contributed by atoms with Crippen LogP contribution in [0.4, 0.5) is 4.39 Å². The van der Waals surface area contributed by atoms with Crippen LogP contribution in [-0.2, 0) is 22.4 Å². The van der Waals surface area contributed by atoms with Gasteiger partial charge in [0.2, 0.25) is 0 Å². The van der Waals surface area contributed by atoms with Crippen molar-refractivity contribution in [1.29, 1.82) is 0 Å². The van der Waals surface area contributed by atoms with Crippen LogP contribution in [0.1, 0.15) is 11.1 Å². The SMILES string of the molecule is O=C(O)C1(C(=O)O)Cc2ccc(F)cc2C1. The number of halogens is 1. The summed E-state index contributed by atoms with van der Waals surface area (Å²) in [5.74, 6) is -3.24. The van der Waals surface area contributed by atoms with Gasteiger partial charge in [0.1, 0.15) is 5.82 Å². The lowest BCUT2D eigenvalue weighted by Crippen LogP contribution is -2.40. The summed E-state index contributed by atoms with van der Waals surface area (Å²) in [5.41, 5.74) is -0.785. The number of fused-ring (bicyclic) bond motifs is 1. The van der Waals surface area contributed by atoms with Crippen molar-refractivity contribution in [2.75, 3.05) is 0 Å². The molecule has 0 saturated heterocycles. The van der Waals surface area contributed by atoms with Gasteiger partial charge >= 0.3 is 11.9 Å². The van der Waals surface area contributed by atoms with Crippen molar-refractivity contribution in [2.45, 2.75) is 12.8 Å². The maximum atomic E-state index is 12.9. The average molecular weight is 224 g/mol. The maximum Gasteiger partial charge on any atom is 0.321 e. The van der Waals surface area contributed by atoms with E-state index in [0.717, 1.165) is 0 Å². The average Bonchev–Trinajstić information content (AvgIpc) is 2.57. The second-order valence-corrected chi connectivity index (χ2v) is 3.96. The molecule has 2 N–H and O–H groups in total. The second-order valence-electron chi connectivity index (χ2n) is 3.96. The topological polar surface area (TPSA) is 74.6 Å². The van der Waals surface area contributed by atoms with Crippen LogP contribution in [0.5, 0.6) is 0 Å². The molecular weight excluding hydrogens is 215 g/mol. The van der Waals surface area contributed by atoms with Crippen LogP contribution in [-0.4, -0.2) is 22.2 Å². The Bertz CT molecular complexity index is 467. The molecule has 5 heteroatoms. The first kappa shape index (κ1) is 10.6. The van der Waals surface area contributed by atoms with Crippen molar-refractivity contribution < 1.29 is 24.2 Å². The highest BCUT2D eigenvalue weighted by Gasteiger charge is 2.50. The van der Waals surface area contributed by atoms with Gasteiger partial charge in [-0.2, -0.15) is 0 Å². The zero-order valence-corrected chi connectivity index (χ0v) is 8.24. The highest BCUT2D eigenvalue weighted by molar-refractivity contribution is 5.99. The summed E-state index contributed by atoms with van der Waals surface area (Å²) in [7, 11) is 0. The monoisotopic (exact) mass is 224 g/mol. The van der Waals surface area contributed by atoms with E-state index in [2.05, 4.69) is 0 Å². The first-order chi connectivity index (χ1) is 7.45. The molecule has 16 heavy (non-hydrogen) atoms. The number of carboxylic acid groups (broad SMARTS) is 2. The standard InChI is InChI=1S/C11H9FO4/c12-8-2-1-6-4-11(9(13)14,10(15)16)5-7(6)3-8/h1-3H,4-5H2,(H,13,14)(H,15,16). The third-order valence-corrected chi connectivity index (χ3v) is 2.97. The Morgan fingerprint density at radius 2 is 1.69 bits per heavy atom. The van der Waals surface area contributed by atoms with E-state index in [0.29, 0.717) is 11.1 Å². The van der Waals surface area contributed by atoms with E-state index in [9.17, 15) is 14.0 Å². The molecule has 1 aromatic carbocycles. The molecule has 84 valence electrons. The summed E-state index contributed by atoms with van der Waals surface area (Å²) in [6, 6.07) is 3.85. The molecule has 0 unspecified atom stereocenters. The largest absolute Gasteiger partial charge is 0.480 e. The zero-order chi connectivity index (χ0) is 11.9. The molecule has 0 aliphatic heterocycles. The summed E-state index contributed by atoms with van der Waals surface area (Å²) in [6.07, 6.45) is -0.252. The Kier molecular flexibility index (Phi) is 2.18. The van der Waals surface area contributed by atoms with E-state index < -0.39 is 23.2 Å². The van der Waals surface area contributed by atoms with Crippen LogP contribution in [0.15, 0.2) is 18.2 Å². The Hall–Kier alpha value is -1.91. The van der Waals surface area contributed by atoms with Crippen LogP contribution in [0.25, 0.3) is 0 Å². The third-order valence-electron chi connectivity index (χ3n) is 2.97. The third kappa shape index (κ3) is 1.36. The lowest BCUT2D eigenvalue weighted by Gasteiger charge is -2.17. The van der Waals surface area contributed by atoms with Gasteiger partial charge in [0.05, 0.1) is 0 Å². The van der Waals surface area contributed by atoms with Gasteiger partial charge < -0.3 is 10.2 Å². The predicted octanol–water partition coefficient (Wildman–Crippen LogP) is 1.08. The smallest absolute Gasteiger partial charge is 0.321 e. The minimum absolute atomic E-state index is 0.0900. The summed E-state index contributed by atoms with van der Waals surface area (Å²) in [6.45, 7) is 0. The molecule has 1 aromatic rings. The number of rotatable bonds is 2. The molecule has 0 spiro atoms. The highest BCUT2D eigenvalue weighted by Crippen LogP contribution is 2.37. The van der Waals surface area contributed by atoms with Gasteiger partial charge in [0.25, 0.3) is 0 Å². The zero-order valence-electron chi connectivity index (χ0n) is 8.24. The first-order valence-corrected chi connectivity index (χ1v) is 4.70. The summed E-state index contributed by atoms with van der Waals surface area (Å²) in [4.78, 5) is 22.1. The van der Waals surface area contributed by atoms with Gasteiger partial charge in [-0.05, 0) is 36.1 Å². The normalized spacial score (nSPS) is 16.8.